The largest absolute Gasteiger partial charge is 0.457 e. The molecular weight excluding hydrogens is 857 g/mol. The van der Waals surface area contributed by atoms with E-state index in [2.05, 4.69) is 0 Å². The van der Waals surface area contributed by atoms with Crippen LogP contribution in [0.15, 0.2) is 109 Å². The summed E-state index contributed by atoms with van der Waals surface area (Å²) in [6, 6.07) is 28.9. The molecule has 10 nitrogen and oxygen atoms in total. The van der Waals surface area contributed by atoms with E-state index in [0.29, 0.717) is 0 Å². The highest BCUT2D eigenvalue weighted by Crippen LogP contribution is 2.42. The van der Waals surface area contributed by atoms with Crippen LogP contribution in [0.1, 0.15) is 22.3 Å². The highest BCUT2D eigenvalue weighted by atomic mass is 19.2. The van der Waals surface area contributed by atoms with Crippen LogP contribution in [0.3, 0.4) is 0 Å². The summed E-state index contributed by atoms with van der Waals surface area (Å²) < 4.78 is 152. The summed E-state index contributed by atoms with van der Waals surface area (Å²) >= 11 is 0. The van der Waals surface area contributed by atoms with E-state index in [0.717, 1.165) is 48.5 Å². The normalized spacial score (nSPS) is 10.4. The number of hydrogen-bond acceptors (Lipinski definition) is 10. The van der Waals surface area contributed by atoms with Crippen molar-refractivity contribution >= 4 is 0 Å². The Kier molecular flexibility index (Phi) is 12.2. The van der Waals surface area contributed by atoms with E-state index < -0.39 is 81.0 Å². The topological polar surface area (TPSA) is 151 Å². The summed E-state index contributed by atoms with van der Waals surface area (Å²) in [5.74, 6) is -22.9. The van der Waals surface area contributed by atoms with Gasteiger partial charge in [-0.2, -0.15) is 56.2 Å². The molecule has 64 heavy (non-hydrogen) atoms. The lowest BCUT2D eigenvalue weighted by Gasteiger charge is -2.15. The number of ether oxygens (including phenoxy) is 6. The molecule has 0 unspecified atom stereocenters. The molecule has 0 saturated heterocycles. The second kappa shape index (κ2) is 18.2. The molecule has 0 heterocycles. The predicted molar refractivity (Wildman–Crippen MR) is 204 cm³/mol. The van der Waals surface area contributed by atoms with Crippen LogP contribution < -0.4 is 28.4 Å². The summed E-state index contributed by atoms with van der Waals surface area (Å²) in [5.41, 5.74) is 0.350. The Hall–Kier alpha value is -9.26. The van der Waals surface area contributed by atoms with Gasteiger partial charge in [-0.3, -0.25) is 0 Å². The van der Waals surface area contributed by atoms with Crippen molar-refractivity contribution < 1.29 is 63.5 Å². The first-order chi connectivity index (χ1) is 30.8. The van der Waals surface area contributed by atoms with Crippen LogP contribution in [0.25, 0.3) is 0 Å². The molecular formula is C46H18F8N4O6. The van der Waals surface area contributed by atoms with Crippen molar-refractivity contribution in [1.82, 2.24) is 0 Å². The molecule has 0 aliphatic rings. The van der Waals surface area contributed by atoms with E-state index in [9.17, 15) is 10.5 Å². The Labute approximate surface area is 355 Å². The van der Waals surface area contributed by atoms with Crippen LogP contribution in [0.2, 0.25) is 0 Å². The van der Waals surface area contributed by atoms with E-state index in [1.807, 2.05) is 24.3 Å². The molecule has 18 heteroatoms. The Morgan fingerprint density at radius 2 is 0.438 bits per heavy atom. The second-order valence-electron chi connectivity index (χ2n) is 12.7. The fourth-order valence-electron chi connectivity index (χ4n) is 5.57. The number of halogens is 8. The Morgan fingerprint density at radius 1 is 0.250 bits per heavy atom. The molecule has 0 saturated carbocycles. The Balaban J connectivity index is 1.01. The first kappa shape index (κ1) is 42.8. The van der Waals surface area contributed by atoms with E-state index in [4.69, 9.17) is 38.9 Å². The summed E-state index contributed by atoms with van der Waals surface area (Å²) in [7, 11) is 0. The molecule has 0 N–H and O–H groups in total. The molecule has 0 aromatic heterocycles. The third kappa shape index (κ3) is 8.79. The van der Waals surface area contributed by atoms with Gasteiger partial charge in [0.2, 0.25) is 69.5 Å². The van der Waals surface area contributed by atoms with Gasteiger partial charge in [0.05, 0.1) is 22.3 Å². The fraction of sp³-hybridized carbons (Fsp3) is 0. The average molecular weight is 875 g/mol. The fourth-order valence-corrected chi connectivity index (χ4v) is 5.57. The molecule has 314 valence electrons. The number of nitrogens with zero attached hydrogens (tertiary/aromatic N) is 4. The zero-order valence-electron chi connectivity index (χ0n) is 31.7. The van der Waals surface area contributed by atoms with Gasteiger partial charge < -0.3 is 28.4 Å². The predicted octanol–water partition coefficient (Wildman–Crippen LogP) is 13.0. The lowest BCUT2D eigenvalue weighted by molar-refractivity contribution is 0.328. The molecule has 0 radical (unpaired) electrons. The first-order valence-corrected chi connectivity index (χ1v) is 17.8. The van der Waals surface area contributed by atoms with Crippen molar-refractivity contribution in [3.8, 4) is 93.3 Å². The standard InChI is InChI=1S/C46H18F8N4O6/c47-35-39(51)45(40(52)36(48)43(35)61-29-9-5-27(6-10-29)59-33-3-1-23(19-55)25(17-33)21-57)63-31-13-15-32(16-14-31)64-46-41(53)37(49)44(38(50)42(46)54)62-30-11-7-28(8-12-30)60-34-4-2-24(20-56)26(18-34)22-58/h1-18H. The van der Waals surface area contributed by atoms with Gasteiger partial charge in [-0.15, -0.1) is 0 Å². The first-order valence-electron chi connectivity index (χ1n) is 17.8. The lowest BCUT2D eigenvalue weighted by Crippen LogP contribution is -2.04. The van der Waals surface area contributed by atoms with Crippen molar-refractivity contribution in [3.05, 3.63) is 178 Å². The SMILES string of the molecule is N#Cc1ccc(Oc2ccc(Oc3c(F)c(F)c(Oc4ccc(Oc5c(F)c(F)c(Oc6ccc(Oc7ccc(C#N)c(C#N)c7)cc6)c(F)c5F)cc4)c(F)c3F)cc2)cc1C#N. The maximum atomic E-state index is 15.1. The molecule has 0 fully saturated rings. The smallest absolute Gasteiger partial charge is 0.208 e. The van der Waals surface area contributed by atoms with Gasteiger partial charge in [-0.25, -0.2) is 0 Å². The molecule has 7 aromatic carbocycles. The highest BCUT2D eigenvalue weighted by Gasteiger charge is 2.31. The zero-order chi connectivity index (χ0) is 45.7. The number of hydrogen-bond donors (Lipinski definition) is 0. The van der Waals surface area contributed by atoms with Crippen LogP contribution in [0, 0.1) is 91.9 Å². The maximum Gasteiger partial charge on any atom is 0.208 e. The van der Waals surface area contributed by atoms with Crippen LogP contribution in [0.4, 0.5) is 35.1 Å². The van der Waals surface area contributed by atoms with Gasteiger partial charge in [0.25, 0.3) is 0 Å². The van der Waals surface area contributed by atoms with Crippen molar-refractivity contribution in [2.75, 3.05) is 0 Å². The molecule has 0 aliphatic heterocycles. The van der Waals surface area contributed by atoms with Crippen molar-refractivity contribution in [2.45, 2.75) is 0 Å². The minimum absolute atomic E-state index is 0.0535. The third-order valence-corrected chi connectivity index (χ3v) is 8.65. The van der Waals surface area contributed by atoms with Gasteiger partial charge in [0.15, 0.2) is 0 Å². The number of rotatable bonds is 12. The summed E-state index contributed by atoms with van der Waals surface area (Å²) in [5, 5.41) is 36.5. The molecule has 0 bridgehead atoms. The molecule has 7 aromatic rings. The number of benzene rings is 7. The third-order valence-electron chi connectivity index (χ3n) is 8.65. The quantitative estimate of drug-likeness (QED) is 0.0857. The average Bonchev–Trinajstić information content (AvgIpc) is 3.32. The minimum Gasteiger partial charge on any atom is -0.457 e. The van der Waals surface area contributed by atoms with Crippen LogP contribution >= 0.6 is 0 Å². The van der Waals surface area contributed by atoms with E-state index in [-0.39, 0.29) is 56.8 Å². The summed E-state index contributed by atoms with van der Waals surface area (Å²) in [4.78, 5) is 0. The zero-order valence-corrected chi connectivity index (χ0v) is 31.7. The van der Waals surface area contributed by atoms with Gasteiger partial charge in [-0.05, 0) is 109 Å². The Bertz CT molecular complexity index is 2870. The second-order valence-corrected chi connectivity index (χ2v) is 12.7. The van der Waals surface area contributed by atoms with Gasteiger partial charge >= 0.3 is 0 Å². The van der Waals surface area contributed by atoms with E-state index in [1.165, 1.54) is 60.7 Å². The molecule has 0 amide bonds. The monoisotopic (exact) mass is 874 g/mol. The van der Waals surface area contributed by atoms with Crippen LogP contribution in [0.5, 0.6) is 69.0 Å². The number of nitriles is 4. The summed E-state index contributed by atoms with van der Waals surface area (Å²) in [6.45, 7) is 0. The molecule has 0 spiro atoms. The molecule has 7 rings (SSSR count). The van der Waals surface area contributed by atoms with E-state index >= 15 is 35.1 Å². The van der Waals surface area contributed by atoms with Gasteiger partial charge in [0.1, 0.15) is 70.3 Å². The van der Waals surface area contributed by atoms with Gasteiger partial charge in [0, 0.05) is 0 Å². The Morgan fingerprint density at radius 3 is 0.641 bits per heavy atom. The van der Waals surface area contributed by atoms with Crippen molar-refractivity contribution in [3.63, 3.8) is 0 Å². The highest BCUT2D eigenvalue weighted by molar-refractivity contribution is 5.52. The summed E-state index contributed by atoms with van der Waals surface area (Å²) in [6.07, 6.45) is 0. The molecule has 0 atom stereocenters. The van der Waals surface area contributed by atoms with Crippen LogP contribution in [-0.2, 0) is 0 Å². The lowest BCUT2D eigenvalue weighted by atomic mass is 10.1. The minimum atomic E-state index is -2.01. The van der Waals surface area contributed by atoms with Crippen molar-refractivity contribution in [2.24, 2.45) is 0 Å². The van der Waals surface area contributed by atoms with Gasteiger partial charge in [-0.1, -0.05) is 0 Å². The maximum absolute atomic E-state index is 15.1. The molecule has 0 aliphatic carbocycles. The van der Waals surface area contributed by atoms with Crippen molar-refractivity contribution in [1.29, 1.82) is 21.0 Å². The van der Waals surface area contributed by atoms with E-state index in [1.54, 1.807) is 0 Å². The van der Waals surface area contributed by atoms with Crippen LogP contribution in [-0.4, -0.2) is 0 Å².